The van der Waals surface area contributed by atoms with Gasteiger partial charge in [0.15, 0.2) is 11.0 Å². The Morgan fingerprint density at radius 1 is 1.00 bits per heavy atom. The number of benzene rings is 2. The SMILES string of the molecule is CCN(CC)c1ccc(-c2nnc(SCc3ccccc3F)n2C)cc1. The first-order valence-corrected chi connectivity index (χ1v) is 9.73. The van der Waals surface area contributed by atoms with Crippen LogP contribution in [0.2, 0.25) is 0 Å². The highest BCUT2D eigenvalue weighted by Crippen LogP contribution is 2.27. The van der Waals surface area contributed by atoms with E-state index in [1.807, 2.05) is 17.7 Å². The summed E-state index contributed by atoms with van der Waals surface area (Å²) in [5, 5.41) is 9.36. The molecule has 0 fully saturated rings. The zero-order chi connectivity index (χ0) is 18.5. The van der Waals surface area contributed by atoms with Crippen molar-refractivity contribution in [2.45, 2.75) is 24.8 Å². The average molecular weight is 370 g/mol. The molecule has 3 rings (SSSR count). The molecule has 136 valence electrons. The first-order chi connectivity index (χ1) is 12.6. The summed E-state index contributed by atoms with van der Waals surface area (Å²) in [6, 6.07) is 15.2. The van der Waals surface area contributed by atoms with E-state index in [1.54, 1.807) is 12.1 Å². The lowest BCUT2D eigenvalue weighted by Crippen LogP contribution is -2.21. The van der Waals surface area contributed by atoms with Crippen molar-refractivity contribution in [1.82, 2.24) is 14.8 Å². The molecule has 0 amide bonds. The molecule has 4 nitrogen and oxygen atoms in total. The van der Waals surface area contributed by atoms with Crippen molar-refractivity contribution >= 4 is 17.4 Å². The van der Waals surface area contributed by atoms with E-state index in [2.05, 4.69) is 53.2 Å². The van der Waals surface area contributed by atoms with E-state index in [4.69, 9.17) is 0 Å². The molecule has 2 aromatic carbocycles. The normalized spacial score (nSPS) is 10.9. The van der Waals surface area contributed by atoms with E-state index in [0.717, 1.165) is 29.6 Å². The van der Waals surface area contributed by atoms with Crippen LogP contribution >= 0.6 is 11.8 Å². The van der Waals surface area contributed by atoms with Gasteiger partial charge in [-0.1, -0.05) is 30.0 Å². The number of anilines is 1. The molecule has 0 bridgehead atoms. The Kier molecular flexibility index (Phi) is 5.93. The lowest BCUT2D eigenvalue weighted by molar-refractivity contribution is 0.617. The van der Waals surface area contributed by atoms with Crippen LogP contribution in [-0.4, -0.2) is 27.9 Å². The minimum atomic E-state index is -0.186. The van der Waals surface area contributed by atoms with Gasteiger partial charge < -0.3 is 9.47 Å². The molecule has 1 heterocycles. The van der Waals surface area contributed by atoms with E-state index in [-0.39, 0.29) is 5.82 Å². The van der Waals surface area contributed by atoms with Gasteiger partial charge in [-0.05, 0) is 49.7 Å². The second-order valence-corrected chi connectivity index (χ2v) is 6.91. The Labute approximate surface area is 158 Å². The molecule has 0 aliphatic rings. The fourth-order valence-corrected chi connectivity index (χ4v) is 3.76. The summed E-state index contributed by atoms with van der Waals surface area (Å²) in [7, 11) is 1.94. The smallest absolute Gasteiger partial charge is 0.191 e. The van der Waals surface area contributed by atoms with Gasteiger partial charge >= 0.3 is 0 Å². The van der Waals surface area contributed by atoms with Gasteiger partial charge in [-0.3, -0.25) is 0 Å². The molecule has 26 heavy (non-hydrogen) atoms. The minimum Gasteiger partial charge on any atom is -0.372 e. The third kappa shape index (κ3) is 3.90. The van der Waals surface area contributed by atoms with Gasteiger partial charge in [0.05, 0.1) is 0 Å². The van der Waals surface area contributed by atoms with Crippen LogP contribution in [0.3, 0.4) is 0 Å². The van der Waals surface area contributed by atoms with Gasteiger partial charge in [0.1, 0.15) is 5.82 Å². The molecule has 0 radical (unpaired) electrons. The van der Waals surface area contributed by atoms with E-state index >= 15 is 0 Å². The first kappa shape index (κ1) is 18.5. The molecule has 0 spiro atoms. The Balaban J connectivity index is 1.75. The summed E-state index contributed by atoms with van der Waals surface area (Å²) in [4.78, 5) is 2.30. The molecule has 0 aliphatic heterocycles. The van der Waals surface area contributed by atoms with Gasteiger partial charge in [0, 0.05) is 37.1 Å². The molecule has 0 aliphatic carbocycles. The van der Waals surface area contributed by atoms with Crippen molar-refractivity contribution in [3.8, 4) is 11.4 Å². The van der Waals surface area contributed by atoms with Crippen LogP contribution in [0.4, 0.5) is 10.1 Å². The van der Waals surface area contributed by atoms with Crippen LogP contribution in [-0.2, 0) is 12.8 Å². The Hall–Kier alpha value is -2.34. The molecule has 6 heteroatoms. The van der Waals surface area contributed by atoms with E-state index in [9.17, 15) is 4.39 Å². The zero-order valence-electron chi connectivity index (χ0n) is 15.3. The third-order valence-electron chi connectivity index (χ3n) is 4.40. The predicted molar refractivity (Wildman–Crippen MR) is 106 cm³/mol. The maximum Gasteiger partial charge on any atom is 0.191 e. The Morgan fingerprint density at radius 3 is 2.35 bits per heavy atom. The van der Waals surface area contributed by atoms with Crippen LogP contribution in [0.25, 0.3) is 11.4 Å². The number of hydrogen-bond acceptors (Lipinski definition) is 4. The van der Waals surface area contributed by atoms with Gasteiger partial charge in [-0.25, -0.2) is 4.39 Å². The molecule has 3 aromatic rings. The van der Waals surface area contributed by atoms with Crippen molar-refractivity contribution in [3.63, 3.8) is 0 Å². The molecular formula is C20H23FN4S. The number of rotatable bonds is 7. The number of aromatic nitrogens is 3. The molecule has 0 unspecified atom stereocenters. The van der Waals surface area contributed by atoms with Crippen LogP contribution in [0.5, 0.6) is 0 Å². The van der Waals surface area contributed by atoms with Crippen LogP contribution < -0.4 is 4.90 Å². The molecule has 0 saturated heterocycles. The molecular weight excluding hydrogens is 347 g/mol. The Bertz CT molecular complexity index is 857. The van der Waals surface area contributed by atoms with Crippen molar-refractivity contribution in [2.24, 2.45) is 7.05 Å². The molecule has 0 saturated carbocycles. The summed E-state index contributed by atoms with van der Waals surface area (Å²) in [6.07, 6.45) is 0. The topological polar surface area (TPSA) is 34.0 Å². The monoisotopic (exact) mass is 370 g/mol. The highest BCUT2D eigenvalue weighted by Gasteiger charge is 2.13. The van der Waals surface area contributed by atoms with E-state index in [0.29, 0.717) is 11.3 Å². The average Bonchev–Trinajstić information content (AvgIpc) is 3.03. The van der Waals surface area contributed by atoms with Crippen LogP contribution in [0.15, 0.2) is 53.7 Å². The van der Waals surface area contributed by atoms with Gasteiger partial charge in [-0.2, -0.15) is 0 Å². The maximum atomic E-state index is 13.8. The lowest BCUT2D eigenvalue weighted by atomic mass is 10.2. The molecule has 0 atom stereocenters. The molecule has 1 aromatic heterocycles. The van der Waals surface area contributed by atoms with Crippen molar-refractivity contribution in [2.75, 3.05) is 18.0 Å². The summed E-state index contributed by atoms with van der Waals surface area (Å²) in [6.45, 7) is 6.27. The Morgan fingerprint density at radius 2 is 1.69 bits per heavy atom. The maximum absolute atomic E-state index is 13.8. The number of halogens is 1. The summed E-state index contributed by atoms with van der Waals surface area (Å²) >= 11 is 1.49. The number of thioether (sulfide) groups is 1. The van der Waals surface area contributed by atoms with E-state index in [1.165, 1.54) is 23.5 Å². The highest BCUT2D eigenvalue weighted by atomic mass is 32.2. The second kappa shape index (κ2) is 8.36. The molecule has 0 N–H and O–H groups in total. The number of nitrogens with zero attached hydrogens (tertiary/aromatic N) is 4. The third-order valence-corrected chi connectivity index (χ3v) is 5.47. The lowest BCUT2D eigenvalue weighted by Gasteiger charge is -2.21. The van der Waals surface area contributed by atoms with Crippen LogP contribution in [0.1, 0.15) is 19.4 Å². The van der Waals surface area contributed by atoms with Gasteiger partial charge in [0.25, 0.3) is 0 Å². The predicted octanol–water partition coefficient (Wildman–Crippen LogP) is 4.76. The fourth-order valence-electron chi connectivity index (χ4n) is 2.86. The first-order valence-electron chi connectivity index (χ1n) is 8.75. The fraction of sp³-hybridized carbons (Fsp3) is 0.300. The second-order valence-electron chi connectivity index (χ2n) is 5.96. The summed E-state index contributed by atoms with van der Waals surface area (Å²) in [5.41, 5.74) is 2.90. The van der Waals surface area contributed by atoms with Crippen molar-refractivity contribution in [1.29, 1.82) is 0 Å². The largest absolute Gasteiger partial charge is 0.372 e. The van der Waals surface area contributed by atoms with Crippen molar-refractivity contribution < 1.29 is 4.39 Å². The minimum absolute atomic E-state index is 0.186. The van der Waals surface area contributed by atoms with E-state index < -0.39 is 0 Å². The summed E-state index contributed by atoms with van der Waals surface area (Å²) < 4.78 is 15.7. The zero-order valence-corrected chi connectivity index (χ0v) is 16.1. The standard InChI is InChI=1S/C20H23FN4S/c1-4-25(5-2)17-12-10-15(11-13-17)19-22-23-20(24(19)3)26-14-16-8-6-7-9-18(16)21/h6-13H,4-5,14H2,1-3H3. The highest BCUT2D eigenvalue weighted by molar-refractivity contribution is 7.98. The quantitative estimate of drug-likeness (QED) is 0.562. The van der Waals surface area contributed by atoms with Crippen molar-refractivity contribution in [3.05, 3.63) is 59.9 Å². The summed E-state index contributed by atoms with van der Waals surface area (Å²) in [5.74, 6) is 1.15. The number of hydrogen-bond donors (Lipinski definition) is 0. The van der Waals surface area contributed by atoms with Crippen LogP contribution in [0, 0.1) is 5.82 Å². The van der Waals surface area contributed by atoms with Gasteiger partial charge in [-0.15, -0.1) is 10.2 Å². The van der Waals surface area contributed by atoms with Gasteiger partial charge in [0.2, 0.25) is 0 Å².